The van der Waals surface area contributed by atoms with E-state index in [0.29, 0.717) is 23.4 Å². The summed E-state index contributed by atoms with van der Waals surface area (Å²) < 4.78 is 53.8. The molecule has 0 fully saturated rings. The molecule has 0 heterocycles. The summed E-state index contributed by atoms with van der Waals surface area (Å²) in [5.74, 6) is -0.422. The number of nitrogens with one attached hydrogen (secondary N) is 1. The van der Waals surface area contributed by atoms with Gasteiger partial charge in [0.05, 0.1) is 0 Å². The predicted octanol–water partition coefficient (Wildman–Crippen LogP) is 3.58. The van der Waals surface area contributed by atoms with Crippen LogP contribution in [0, 0.1) is 5.82 Å². The third-order valence-corrected chi connectivity index (χ3v) is 3.00. The van der Waals surface area contributed by atoms with E-state index in [0.717, 1.165) is 0 Å². The van der Waals surface area contributed by atoms with Gasteiger partial charge in [-0.3, -0.25) is 0 Å². The molecule has 1 aromatic rings. The molecule has 0 saturated heterocycles. The zero-order chi connectivity index (χ0) is 15.2. The van der Waals surface area contributed by atoms with Gasteiger partial charge in [0, 0.05) is 17.7 Å². The van der Waals surface area contributed by atoms with Crippen molar-refractivity contribution in [3.63, 3.8) is 0 Å². The highest BCUT2D eigenvalue weighted by atomic mass is 35.5. The molecule has 1 aromatic carbocycles. The van der Waals surface area contributed by atoms with Crippen molar-refractivity contribution in [3.8, 4) is 0 Å². The standard InChI is InChI=1S/C13H16ClF4NO/c1-19-11(4-5-20-8-13(16,17)18)6-9-2-3-10(14)7-12(9)15/h2-3,7,11,19H,4-6,8H2,1H3. The van der Waals surface area contributed by atoms with Gasteiger partial charge in [-0.1, -0.05) is 17.7 Å². The summed E-state index contributed by atoms with van der Waals surface area (Å²) in [5.41, 5.74) is 0.463. The highest BCUT2D eigenvalue weighted by molar-refractivity contribution is 6.30. The van der Waals surface area contributed by atoms with E-state index < -0.39 is 18.6 Å². The molecule has 0 spiro atoms. The van der Waals surface area contributed by atoms with E-state index in [9.17, 15) is 17.6 Å². The average molecular weight is 314 g/mol. The Morgan fingerprint density at radius 1 is 1.35 bits per heavy atom. The minimum atomic E-state index is -4.32. The molecule has 0 saturated carbocycles. The Morgan fingerprint density at radius 2 is 2.05 bits per heavy atom. The maximum Gasteiger partial charge on any atom is 0.411 e. The Kier molecular flexibility index (Phi) is 6.71. The van der Waals surface area contributed by atoms with Crippen LogP contribution in [0.25, 0.3) is 0 Å². The number of ether oxygens (including phenoxy) is 1. The van der Waals surface area contributed by atoms with Crippen LogP contribution < -0.4 is 5.32 Å². The van der Waals surface area contributed by atoms with E-state index in [1.165, 1.54) is 6.07 Å². The lowest BCUT2D eigenvalue weighted by atomic mass is 10.0. The molecule has 114 valence electrons. The Bertz CT molecular complexity index is 425. The van der Waals surface area contributed by atoms with Crippen LogP contribution in [0.3, 0.4) is 0 Å². The molecule has 20 heavy (non-hydrogen) atoms. The molecular weight excluding hydrogens is 298 g/mol. The van der Waals surface area contributed by atoms with Gasteiger partial charge in [-0.25, -0.2) is 4.39 Å². The molecule has 0 aliphatic carbocycles. The van der Waals surface area contributed by atoms with Crippen molar-refractivity contribution in [1.29, 1.82) is 0 Å². The van der Waals surface area contributed by atoms with Crippen molar-refractivity contribution in [3.05, 3.63) is 34.6 Å². The first-order valence-corrected chi connectivity index (χ1v) is 6.45. The van der Waals surface area contributed by atoms with Crippen molar-refractivity contribution >= 4 is 11.6 Å². The fraction of sp³-hybridized carbons (Fsp3) is 0.538. The monoisotopic (exact) mass is 313 g/mol. The maximum absolute atomic E-state index is 13.6. The van der Waals surface area contributed by atoms with E-state index >= 15 is 0 Å². The molecule has 0 bridgehead atoms. The van der Waals surface area contributed by atoms with E-state index in [2.05, 4.69) is 10.1 Å². The summed E-state index contributed by atoms with van der Waals surface area (Å²) in [6.45, 7) is -1.31. The van der Waals surface area contributed by atoms with Gasteiger partial charge in [0.1, 0.15) is 12.4 Å². The maximum atomic E-state index is 13.6. The van der Waals surface area contributed by atoms with Gasteiger partial charge < -0.3 is 10.1 Å². The highest BCUT2D eigenvalue weighted by Gasteiger charge is 2.27. The number of rotatable bonds is 7. The second kappa shape index (κ2) is 7.81. The van der Waals surface area contributed by atoms with Crippen molar-refractivity contribution in [1.82, 2.24) is 5.32 Å². The van der Waals surface area contributed by atoms with Gasteiger partial charge in [-0.05, 0) is 37.6 Å². The second-order valence-corrected chi connectivity index (χ2v) is 4.82. The molecule has 0 radical (unpaired) electrons. The number of hydrogen-bond acceptors (Lipinski definition) is 2. The summed E-state index contributed by atoms with van der Waals surface area (Å²) in [5, 5.41) is 3.24. The number of hydrogen-bond donors (Lipinski definition) is 1. The fourth-order valence-corrected chi connectivity index (χ4v) is 1.87. The normalized spacial score (nSPS) is 13.5. The van der Waals surface area contributed by atoms with Gasteiger partial charge in [0.15, 0.2) is 0 Å². The summed E-state index contributed by atoms with van der Waals surface area (Å²) in [4.78, 5) is 0. The third-order valence-electron chi connectivity index (χ3n) is 2.77. The SMILES string of the molecule is CNC(CCOCC(F)(F)F)Cc1ccc(Cl)cc1F. The largest absolute Gasteiger partial charge is 0.411 e. The Hall–Kier alpha value is -0.850. The van der Waals surface area contributed by atoms with Gasteiger partial charge in [-0.15, -0.1) is 0 Å². The van der Waals surface area contributed by atoms with Crippen LogP contribution in [0.1, 0.15) is 12.0 Å². The van der Waals surface area contributed by atoms with Crippen molar-refractivity contribution in [2.24, 2.45) is 0 Å². The fourth-order valence-electron chi connectivity index (χ4n) is 1.71. The minimum absolute atomic E-state index is 0.0414. The van der Waals surface area contributed by atoms with Crippen LogP contribution in [0.15, 0.2) is 18.2 Å². The van der Waals surface area contributed by atoms with E-state index in [4.69, 9.17) is 11.6 Å². The van der Waals surface area contributed by atoms with E-state index in [-0.39, 0.29) is 12.6 Å². The first-order valence-electron chi connectivity index (χ1n) is 6.07. The zero-order valence-corrected chi connectivity index (χ0v) is 11.7. The molecule has 0 aliphatic rings. The summed E-state index contributed by atoms with van der Waals surface area (Å²) >= 11 is 5.65. The van der Waals surface area contributed by atoms with E-state index in [1.54, 1.807) is 19.2 Å². The quantitative estimate of drug-likeness (QED) is 0.614. The Labute approximate surface area is 120 Å². The topological polar surface area (TPSA) is 21.3 Å². The summed E-state index contributed by atoms with van der Waals surface area (Å²) in [7, 11) is 1.67. The number of benzene rings is 1. The van der Waals surface area contributed by atoms with Crippen molar-refractivity contribution in [2.75, 3.05) is 20.3 Å². The average Bonchev–Trinajstić information content (AvgIpc) is 2.34. The molecule has 0 amide bonds. The van der Waals surface area contributed by atoms with Crippen molar-refractivity contribution in [2.45, 2.75) is 25.1 Å². The molecule has 1 N–H and O–H groups in total. The summed E-state index contributed by atoms with van der Waals surface area (Å²) in [6.07, 6.45) is -3.61. The first kappa shape index (κ1) is 17.2. The molecular formula is C13H16ClF4NO. The number of halogens is 5. The minimum Gasteiger partial charge on any atom is -0.372 e. The predicted molar refractivity (Wildman–Crippen MR) is 69.5 cm³/mol. The lowest BCUT2D eigenvalue weighted by Crippen LogP contribution is -2.30. The third kappa shape index (κ3) is 6.54. The van der Waals surface area contributed by atoms with Crippen LogP contribution in [0.2, 0.25) is 5.02 Å². The van der Waals surface area contributed by atoms with E-state index in [1.807, 2.05) is 0 Å². The summed E-state index contributed by atoms with van der Waals surface area (Å²) in [6, 6.07) is 4.19. The van der Waals surface area contributed by atoms with Gasteiger partial charge in [0.2, 0.25) is 0 Å². The Balaban J connectivity index is 2.43. The highest BCUT2D eigenvalue weighted by Crippen LogP contribution is 2.17. The molecule has 1 unspecified atom stereocenters. The lowest BCUT2D eigenvalue weighted by Gasteiger charge is -2.17. The lowest BCUT2D eigenvalue weighted by molar-refractivity contribution is -0.174. The molecule has 7 heteroatoms. The first-order chi connectivity index (χ1) is 9.31. The van der Waals surface area contributed by atoms with Gasteiger partial charge >= 0.3 is 6.18 Å². The Morgan fingerprint density at radius 3 is 2.60 bits per heavy atom. The van der Waals surface area contributed by atoms with Crippen LogP contribution in [-0.4, -0.2) is 32.5 Å². The second-order valence-electron chi connectivity index (χ2n) is 4.38. The number of likely N-dealkylation sites (N-methyl/N-ethyl adjacent to an activating group) is 1. The molecule has 2 nitrogen and oxygen atoms in total. The van der Waals surface area contributed by atoms with Crippen LogP contribution in [0.4, 0.5) is 17.6 Å². The molecule has 1 rings (SSSR count). The van der Waals surface area contributed by atoms with Crippen LogP contribution >= 0.6 is 11.6 Å². The van der Waals surface area contributed by atoms with Crippen LogP contribution in [-0.2, 0) is 11.2 Å². The zero-order valence-electron chi connectivity index (χ0n) is 10.9. The molecule has 0 aromatic heterocycles. The number of alkyl halides is 3. The van der Waals surface area contributed by atoms with Gasteiger partial charge in [-0.2, -0.15) is 13.2 Å². The van der Waals surface area contributed by atoms with Crippen molar-refractivity contribution < 1.29 is 22.3 Å². The molecule has 1 atom stereocenters. The smallest absolute Gasteiger partial charge is 0.372 e. The molecule has 0 aliphatic heterocycles. The van der Waals surface area contributed by atoms with Crippen LogP contribution in [0.5, 0.6) is 0 Å². The van der Waals surface area contributed by atoms with Gasteiger partial charge in [0.25, 0.3) is 0 Å².